The first-order valence-corrected chi connectivity index (χ1v) is 6.90. The molecule has 0 radical (unpaired) electrons. The van der Waals surface area contributed by atoms with Crippen LogP contribution in [0.1, 0.15) is 10.4 Å². The number of hydrogen-bond donors (Lipinski definition) is 2. The van der Waals surface area contributed by atoms with Crippen LogP contribution in [0.4, 0.5) is 0 Å². The molecule has 0 bridgehead atoms. The van der Waals surface area contributed by atoms with E-state index in [2.05, 4.69) is 16.6 Å². The number of sulfonamides is 1. The van der Waals surface area contributed by atoms with Crippen molar-refractivity contribution >= 4 is 21.4 Å². The Hall–Kier alpha value is -0.870. The van der Waals surface area contributed by atoms with E-state index < -0.39 is 10.0 Å². The van der Waals surface area contributed by atoms with Crippen LogP contribution < -0.4 is 4.72 Å². The van der Waals surface area contributed by atoms with E-state index in [1.807, 2.05) is 5.38 Å². The maximum absolute atomic E-state index is 10.8. The van der Waals surface area contributed by atoms with E-state index in [1.54, 1.807) is 6.07 Å². The molecule has 0 unspecified atom stereocenters. The van der Waals surface area contributed by atoms with Crippen molar-refractivity contribution in [2.24, 2.45) is 0 Å². The summed E-state index contributed by atoms with van der Waals surface area (Å²) in [7, 11) is -3.15. The minimum Gasteiger partial charge on any atom is -0.384 e. The van der Waals surface area contributed by atoms with Crippen LogP contribution in [0.2, 0.25) is 0 Å². The Morgan fingerprint density at radius 2 is 2.33 bits per heavy atom. The summed E-state index contributed by atoms with van der Waals surface area (Å²) in [6.45, 7) is 0.108. The molecule has 0 atom stereocenters. The SMILES string of the molecule is CS(=O)(=O)NCc1cc(C#CCO)cs1. The standard InChI is InChI=1S/C9H11NO3S2/c1-15(12,13)10-6-9-5-8(7-14-9)3-2-4-11/h5,7,10-11H,4,6H2,1H3. The van der Waals surface area contributed by atoms with Crippen molar-refractivity contribution in [3.8, 4) is 11.8 Å². The fourth-order valence-corrected chi connectivity index (χ4v) is 2.15. The molecule has 15 heavy (non-hydrogen) atoms. The highest BCUT2D eigenvalue weighted by Gasteiger charge is 2.02. The summed E-state index contributed by atoms with van der Waals surface area (Å²) in [5.74, 6) is 5.27. The number of hydrogen-bond acceptors (Lipinski definition) is 4. The van der Waals surface area contributed by atoms with Gasteiger partial charge >= 0.3 is 0 Å². The van der Waals surface area contributed by atoms with Gasteiger partial charge in [0.05, 0.1) is 6.26 Å². The second-order valence-corrected chi connectivity index (χ2v) is 5.68. The molecule has 0 amide bonds. The lowest BCUT2D eigenvalue weighted by atomic mass is 10.3. The van der Waals surface area contributed by atoms with Crippen LogP contribution in [-0.4, -0.2) is 26.4 Å². The predicted molar refractivity (Wildman–Crippen MR) is 60.0 cm³/mol. The summed E-state index contributed by atoms with van der Waals surface area (Å²) in [5.41, 5.74) is 0.791. The number of nitrogens with one attached hydrogen (secondary N) is 1. The van der Waals surface area contributed by atoms with Crippen LogP contribution in [0.15, 0.2) is 11.4 Å². The second kappa shape index (κ2) is 5.28. The van der Waals surface area contributed by atoms with E-state index >= 15 is 0 Å². The van der Waals surface area contributed by atoms with Gasteiger partial charge in [0.1, 0.15) is 6.61 Å². The zero-order valence-corrected chi connectivity index (χ0v) is 9.78. The topological polar surface area (TPSA) is 66.4 Å². The maximum atomic E-state index is 10.8. The molecule has 0 fully saturated rings. The van der Waals surface area contributed by atoms with Crippen molar-refractivity contribution in [1.29, 1.82) is 0 Å². The lowest BCUT2D eigenvalue weighted by Gasteiger charge is -1.97. The summed E-state index contributed by atoms with van der Waals surface area (Å²) in [4.78, 5) is 0.891. The zero-order valence-electron chi connectivity index (χ0n) is 8.15. The first-order chi connectivity index (χ1) is 7.01. The van der Waals surface area contributed by atoms with Gasteiger partial charge in [0.15, 0.2) is 0 Å². The van der Waals surface area contributed by atoms with Crippen LogP contribution in [0.3, 0.4) is 0 Å². The molecule has 0 aromatic carbocycles. The summed E-state index contributed by atoms with van der Waals surface area (Å²) in [6.07, 6.45) is 1.12. The van der Waals surface area contributed by atoms with Gasteiger partial charge in [0.2, 0.25) is 10.0 Å². The van der Waals surface area contributed by atoms with Crippen LogP contribution in [0, 0.1) is 11.8 Å². The lowest BCUT2D eigenvalue weighted by molar-refractivity contribution is 0.350. The highest BCUT2D eigenvalue weighted by molar-refractivity contribution is 7.88. The monoisotopic (exact) mass is 245 g/mol. The molecule has 0 aliphatic rings. The molecular weight excluding hydrogens is 234 g/mol. The quantitative estimate of drug-likeness (QED) is 0.745. The molecule has 1 aromatic heterocycles. The van der Waals surface area contributed by atoms with Gasteiger partial charge < -0.3 is 5.11 Å². The average molecular weight is 245 g/mol. The van der Waals surface area contributed by atoms with Crippen LogP contribution >= 0.6 is 11.3 Å². The Bertz CT molecular complexity index is 479. The summed E-state index contributed by atoms with van der Waals surface area (Å²) in [5, 5.41) is 10.3. The van der Waals surface area contributed by atoms with E-state index in [0.29, 0.717) is 0 Å². The first-order valence-electron chi connectivity index (χ1n) is 4.13. The van der Waals surface area contributed by atoms with Gasteiger partial charge in [-0.1, -0.05) is 11.8 Å². The normalized spacial score (nSPS) is 10.8. The average Bonchev–Trinajstić information content (AvgIpc) is 2.58. The molecule has 2 N–H and O–H groups in total. The van der Waals surface area contributed by atoms with E-state index in [-0.39, 0.29) is 13.2 Å². The Morgan fingerprint density at radius 1 is 1.60 bits per heavy atom. The fourth-order valence-electron chi connectivity index (χ4n) is 0.883. The lowest BCUT2D eigenvalue weighted by Crippen LogP contribution is -2.20. The molecule has 0 aliphatic carbocycles. The van der Waals surface area contributed by atoms with Crippen molar-refractivity contribution in [1.82, 2.24) is 4.72 Å². The van der Waals surface area contributed by atoms with Crippen molar-refractivity contribution in [2.75, 3.05) is 12.9 Å². The van der Waals surface area contributed by atoms with Gasteiger partial charge in [-0.3, -0.25) is 0 Å². The van der Waals surface area contributed by atoms with Crippen molar-refractivity contribution in [2.45, 2.75) is 6.54 Å². The third-order valence-electron chi connectivity index (χ3n) is 1.47. The molecule has 1 aromatic rings. The summed E-state index contributed by atoms with van der Waals surface area (Å²) < 4.78 is 24.0. The van der Waals surface area contributed by atoms with E-state index in [1.165, 1.54) is 11.3 Å². The number of thiophene rings is 1. The second-order valence-electron chi connectivity index (χ2n) is 2.85. The van der Waals surface area contributed by atoms with Crippen LogP contribution in [0.5, 0.6) is 0 Å². The summed E-state index contributed by atoms with van der Waals surface area (Å²) in [6, 6.07) is 1.80. The van der Waals surface area contributed by atoms with E-state index in [0.717, 1.165) is 16.7 Å². The highest BCUT2D eigenvalue weighted by atomic mass is 32.2. The Labute approximate surface area is 93.0 Å². The van der Waals surface area contributed by atoms with Gasteiger partial charge in [0.25, 0.3) is 0 Å². The predicted octanol–water partition coefficient (Wildman–Crippen LogP) is 0.141. The molecular formula is C9H11NO3S2. The van der Waals surface area contributed by atoms with Gasteiger partial charge in [0, 0.05) is 22.4 Å². The number of aliphatic hydroxyl groups excluding tert-OH is 1. The molecule has 4 nitrogen and oxygen atoms in total. The highest BCUT2D eigenvalue weighted by Crippen LogP contribution is 2.13. The van der Waals surface area contributed by atoms with Gasteiger partial charge in [-0.15, -0.1) is 11.3 Å². The molecule has 0 saturated heterocycles. The number of aliphatic hydroxyl groups is 1. The number of rotatable bonds is 3. The van der Waals surface area contributed by atoms with Crippen molar-refractivity contribution in [3.05, 3.63) is 21.9 Å². The molecule has 0 saturated carbocycles. The Kier molecular flexibility index (Phi) is 4.29. The van der Waals surface area contributed by atoms with Crippen molar-refractivity contribution < 1.29 is 13.5 Å². The molecule has 0 spiro atoms. The van der Waals surface area contributed by atoms with Crippen molar-refractivity contribution in [3.63, 3.8) is 0 Å². The fraction of sp³-hybridized carbons (Fsp3) is 0.333. The van der Waals surface area contributed by atoms with Gasteiger partial charge in [-0.05, 0) is 6.07 Å². The van der Waals surface area contributed by atoms with E-state index in [9.17, 15) is 8.42 Å². The molecule has 82 valence electrons. The van der Waals surface area contributed by atoms with Gasteiger partial charge in [-0.2, -0.15) is 0 Å². The zero-order chi connectivity index (χ0) is 11.3. The molecule has 1 heterocycles. The van der Waals surface area contributed by atoms with E-state index in [4.69, 9.17) is 5.11 Å². The first kappa shape index (κ1) is 12.2. The Balaban J connectivity index is 2.61. The van der Waals surface area contributed by atoms with Crippen LogP contribution in [-0.2, 0) is 16.6 Å². The largest absolute Gasteiger partial charge is 0.384 e. The minimum absolute atomic E-state index is 0.174. The van der Waals surface area contributed by atoms with Crippen LogP contribution in [0.25, 0.3) is 0 Å². The smallest absolute Gasteiger partial charge is 0.209 e. The molecule has 0 aliphatic heterocycles. The minimum atomic E-state index is -3.15. The maximum Gasteiger partial charge on any atom is 0.209 e. The third-order valence-corrected chi connectivity index (χ3v) is 3.08. The summed E-state index contributed by atoms with van der Waals surface area (Å²) >= 11 is 1.43. The molecule has 1 rings (SSSR count). The third kappa shape index (κ3) is 4.95. The molecule has 6 heteroatoms. The van der Waals surface area contributed by atoms with Gasteiger partial charge in [-0.25, -0.2) is 13.1 Å². The Morgan fingerprint density at radius 3 is 2.93 bits per heavy atom.